The Hall–Kier alpha value is -2.06. The van der Waals surface area contributed by atoms with Crippen LogP contribution < -0.4 is 9.64 Å². The van der Waals surface area contributed by atoms with Crippen molar-refractivity contribution in [3.8, 4) is 5.88 Å². The summed E-state index contributed by atoms with van der Waals surface area (Å²) in [4.78, 5) is 12.6. The molecule has 2 aromatic heterocycles. The number of halogens is 4. The number of piperazine rings is 1. The van der Waals surface area contributed by atoms with Crippen molar-refractivity contribution >= 4 is 17.4 Å². The van der Waals surface area contributed by atoms with Gasteiger partial charge < -0.3 is 9.64 Å². The molecule has 0 bridgehead atoms. The molecule has 0 spiro atoms. The summed E-state index contributed by atoms with van der Waals surface area (Å²) in [6.45, 7) is 3.12. The first kappa shape index (κ1) is 18.3. The third-order valence-electron chi connectivity index (χ3n) is 5.04. The molecule has 0 unspecified atom stereocenters. The van der Waals surface area contributed by atoms with Crippen LogP contribution in [0.4, 0.5) is 19.0 Å². The van der Waals surface area contributed by atoms with E-state index in [1.54, 1.807) is 18.3 Å². The maximum absolute atomic E-state index is 12.7. The molecule has 9 heteroatoms. The molecule has 144 valence electrons. The van der Waals surface area contributed by atoms with Crippen molar-refractivity contribution in [1.29, 1.82) is 0 Å². The first-order valence-electron chi connectivity index (χ1n) is 8.70. The van der Waals surface area contributed by atoms with E-state index < -0.39 is 11.7 Å². The summed E-state index contributed by atoms with van der Waals surface area (Å²) in [5.41, 5.74) is -0.735. The summed E-state index contributed by atoms with van der Waals surface area (Å²) in [5.74, 6) is 1.08. The molecule has 4 heterocycles. The maximum atomic E-state index is 12.7. The standard InChI is InChI=1S/C18H18ClF3N4O/c19-13-2-4-17(24-10-13)27-15-5-6-25-7-8-26(11-14(15)25)16-3-1-12(9-23-16)18(20,21)22/h1-4,9-10,14-15H,5-8,11H2/t14-,15-/m1/s1. The molecule has 4 rings (SSSR count). The van der Waals surface area contributed by atoms with Crippen molar-refractivity contribution in [3.05, 3.63) is 47.2 Å². The molecule has 2 fully saturated rings. The van der Waals surface area contributed by atoms with Crippen molar-refractivity contribution in [3.63, 3.8) is 0 Å². The van der Waals surface area contributed by atoms with E-state index in [0.29, 0.717) is 23.3 Å². The number of anilines is 1. The van der Waals surface area contributed by atoms with Crippen LogP contribution in [0, 0.1) is 0 Å². The maximum Gasteiger partial charge on any atom is 0.417 e. The van der Waals surface area contributed by atoms with E-state index >= 15 is 0 Å². The van der Waals surface area contributed by atoms with Crippen molar-refractivity contribution in [2.45, 2.75) is 24.7 Å². The van der Waals surface area contributed by atoms with Gasteiger partial charge in [-0.15, -0.1) is 0 Å². The van der Waals surface area contributed by atoms with Gasteiger partial charge in [0, 0.05) is 44.6 Å². The summed E-state index contributed by atoms with van der Waals surface area (Å²) in [6, 6.07) is 6.12. The summed E-state index contributed by atoms with van der Waals surface area (Å²) in [6.07, 6.45) is -1.09. The molecule has 0 radical (unpaired) electrons. The SMILES string of the molecule is FC(F)(F)c1ccc(N2CCN3CC[C@@H](Oc4ccc(Cl)cn4)[C@H]3C2)nc1. The molecule has 5 nitrogen and oxygen atoms in total. The number of ether oxygens (including phenoxy) is 1. The molecule has 0 amide bonds. The molecule has 2 aliphatic heterocycles. The number of pyridine rings is 2. The number of hydrogen-bond donors (Lipinski definition) is 0. The van der Waals surface area contributed by atoms with E-state index in [2.05, 4.69) is 14.9 Å². The highest BCUT2D eigenvalue weighted by Crippen LogP contribution is 2.31. The molecule has 2 atom stereocenters. The van der Waals surface area contributed by atoms with Crippen molar-refractivity contribution in [2.75, 3.05) is 31.1 Å². The number of alkyl halides is 3. The summed E-state index contributed by atoms with van der Waals surface area (Å²) in [7, 11) is 0. The second-order valence-corrected chi connectivity index (χ2v) is 7.15. The van der Waals surface area contributed by atoms with Gasteiger partial charge in [0.15, 0.2) is 0 Å². The topological polar surface area (TPSA) is 41.5 Å². The number of fused-ring (bicyclic) bond motifs is 1. The Kier molecular flexibility index (Phi) is 4.86. The van der Waals surface area contributed by atoms with Crippen molar-refractivity contribution < 1.29 is 17.9 Å². The Balaban J connectivity index is 1.45. The summed E-state index contributed by atoms with van der Waals surface area (Å²) in [5, 5.41) is 0.549. The number of hydrogen-bond acceptors (Lipinski definition) is 5. The molecule has 0 aliphatic carbocycles. The van der Waals surface area contributed by atoms with E-state index in [4.69, 9.17) is 16.3 Å². The third kappa shape index (κ3) is 3.96. The van der Waals surface area contributed by atoms with Gasteiger partial charge >= 0.3 is 6.18 Å². The van der Waals surface area contributed by atoms with Gasteiger partial charge in [-0.1, -0.05) is 11.6 Å². The van der Waals surface area contributed by atoms with Gasteiger partial charge in [0.2, 0.25) is 5.88 Å². The quantitative estimate of drug-likeness (QED) is 0.791. The monoisotopic (exact) mass is 398 g/mol. The zero-order valence-electron chi connectivity index (χ0n) is 14.4. The molecular formula is C18H18ClF3N4O. The van der Waals surface area contributed by atoms with Crippen LogP contribution in [0.3, 0.4) is 0 Å². The van der Waals surface area contributed by atoms with E-state index in [1.165, 1.54) is 6.07 Å². The Morgan fingerprint density at radius 3 is 2.56 bits per heavy atom. The fraction of sp³-hybridized carbons (Fsp3) is 0.444. The second-order valence-electron chi connectivity index (χ2n) is 6.71. The van der Waals surface area contributed by atoms with Crippen LogP contribution in [0.1, 0.15) is 12.0 Å². The molecule has 2 aliphatic rings. The van der Waals surface area contributed by atoms with Gasteiger partial charge in [-0.05, 0) is 24.6 Å². The zero-order valence-corrected chi connectivity index (χ0v) is 15.1. The molecule has 2 aromatic rings. The lowest BCUT2D eigenvalue weighted by Gasteiger charge is -2.39. The van der Waals surface area contributed by atoms with E-state index in [1.807, 2.05) is 4.90 Å². The minimum Gasteiger partial charge on any atom is -0.473 e. The molecule has 2 saturated heterocycles. The third-order valence-corrected chi connectivity index (χ3v) is 5.26. The fourth-order valence-corrected chi connectivity index (χ4v) is 3.75. The molecular weight excluding hydrogens is 381 g/mol. The first-order valence-corrected chi connectivity index (χ1v) is 9.08. The Morgan fingerprint density at radius 2 is 1.89 bits per heavy atom. The highest BCUT2D eigenvalue weighted by molar-refractivity contribution is 6.30. The van der Waals surface area contributed by atoms with Gasteiger partial charge in [-0.25, -0.2) is 9.97 Å². The molecule has 0 saturated carbocycles. The lowest BCUT2D eigenvalue weighted by molar-refractivity contribution is -0.137. The van der Waals surface area contributed by atoms with Gasteiger partial charge in [0.25, 0.3) is 0 Å². The Morgan fingerprint density at radius 1 is 1.04 bits per heavy atom. The lowest BCUT2D eigenvalue weighted by Crippen LogP contribution is -2.54. The summed E-state index contributed by atoms with van der Waals surface area (Å²) >= 11 is 5.85. The Labute approximate surface area is 159 Å². The first-order chi connectivity index (χ1) is 12.9. The van der Waals surface area contributed by atoms with Gasteiger partial charge in [0.1, 0.15) is 11.9 Å². The molecule has 0 N–H and O–H groups in total. The predicted molar refractivity (Wildman–Crippen MR) is 95.1 cm³/mol. The predicted octanol–water partition coefficient (Wildman–Crippen LogP) is 3.49. The van der Waals surface area contributed by atoms with Crippen LogP contribution in [0.2, 0.25) is 5.02 Å². The Bertz CT molecular complexity index is 785. The van der Waals surface area contributed by atoms with Crippen molar-refractivity contribution in [2.24, 2.45) is 0 Å². The van der Waals surface area contributed by atoms with Gasteiger partial charge in [0.05, 0.1) is 16.6 Å². The van der Waals surface area contributed by atoms with Crippen LogP contribution >= 0.6 is 11.6 Å². The average molecular weight is 399 g/mol. The molecule has 0 aromatic carbocycles. The van der Waals surface area contributed by atoms with Crippen LogP contribution in [-0.4, -0.2) is 53.2 Å². The van der Waals surface area contributed by atoms with Crippen molar-refractivity contribution in [1.82, 2.24) is 14.9 Å². The minimum atomic E-state index is -4.37. The van der Waals surface area contributed by atoms with Gasteiger partial charge in [-0.2, -0.15) is 13.2 Å². The smallest absolute Gasteiger partial charge is 0.417 e. The van der Waals surface area contributed by atoms with Crippen LogP contribution in [-0.2, 0) is 6.18 Å². The second kappa shape index (κ2) is 7.16. The average Bonchev–Trinajstić information content (AvgIpc) is 3.05. The largest absolute Gasteiger partial charge is 0.473 e. The highest BCUT2D eigenvalue weighted by Gasteiger charge is 2.40. The lowest BCUT2D eigenvalue weighted by atomic mass is 10.1. The van der Waals surface area contributed by atoms with E-state index in [0.717, 1.165) is 38.3 Å². The number of nitrogens with zero attached hydrogens (tertiary/aromatic N) is 4. The summed E-state index contributed by atoms with van der Waals surface area (Å²) < 4.78 is 44.2. The fourth-order valence-electron chi connectivity index (χ4n) is 3.64. The van der Waals surface area contributed by atoms with Crippen LogP contribution in [0.25, 0.3) is 0 Å². The highest BCUT2D eigenvalue weighted by atomic mass is 35.5. The number of rotatable bonds is 3. The zero-order chi connectivity index (χ0) is 19.0. The normalized spacial score (nSPS) is 23.3. The number of aromatic nitrogens is 2. The van der Waals surface area contributed by atoms with Crippen LogP contribution in [0.5, 0.6) is 5.88 Å². The molecule has 27 heavy (non-hydrogen) atoms. The van der Waals surface area contributed by atoms with E-state index in [9.17, 15) is 13.2 Å². The minimum absolute atomic E-state index is 0.0316. The van der Waals surface area contributed by atoms with Gasteiger partial charge in [-0.3, -0.25) is 4.90 Å². The van der Waals surface area contributed by atoms with E-state index in [-0.39, 0.29) is 12.1 Å². The van der Waals surface area contributed by atoms with Crippen LogP contribution in [0.15, 0.2) is 36.7 Å².